The molecule has 2 heterocycles. The van der Waals surface area contributed by atoms with Crippen LogP contribution in [0.25, 0.3) is 10.9 Å². The Morgan fingerprint density at radius 2 is 1.84 bits per heavy atom. The van der Waals surface area contributed by atoms with Crippen molar-refractivity contribution >= 4 is 28.6 Å². The molecule has 0 bridgehead atoms. The summed E-state index contributed by atoms with van der Waals surface area (Å²) in [5.74, 6) is -0.785. The van der Waals surface area contributed by atoms with Gasteiger partial charge in [-0.15, -0.1) is 0 Å². The number of imide groups is 1. The highest BCUT2D eigenvalue weighted by molar-refractivity contribution is 6.22. The number of aromatic nitrogens is 1. The molecule has 3 N–H and O–H groups in total. The van der Waals surface area contributed by atoms with Crippen molar-refractivity contribution in [1.29, 1.82) is 0 Å². The van der Waals surface area contributed by atoms with E-state index in [-0.39, 0.29) is 42.5 Å². The summed E-state index contributed by atoms with van der Waals surface area (Å²) in [6.07, 6.45) is 3.09. The first-order valence-corrected chi connectivity index (χ1v) is 10.9. The molecule has 0 aliphatic carbocycles. The number of fused-ring (bicyclic) bond motifs is 2. The van der Waals surface area contributed by atoms with Crippen LogP contribution in [0.5, 0.6) is 0 Å². The summed E-state index contributed by atoms with van der Waals surface area (Å²) in [6, 6.07) is 12.1. The van der Waals surface area contributed by atoms with Gasteiger partial charge in [0.05, 0.1) is 23.8 Å². The number of H-pyrrole nitrogens is 1. The van der Waals surface area contributed by atoms with Crippen molar-refractivity contribution in [3.05, 3.63) is 70.9 Å². The predicted octanol–water partition coefficient (Wildman–Crippen LogP) is 3.14. The van der Waals surface area contributed by atoms with E-state index in [0.717, 1.165) is 16.5 Å². The lowest BCUT2D eigenvalue weighted by atomic mass is 10.0. The number of aromatic amines is 1. The van der Waals surface area contributed by atoms with Crippen LogP contribution in [-0.2, 0) is 6.42 Å². The molecule has 0 saturated carbocycles. The molecule has 0 unspecified atom stereocenters. The van der Waals surface area contributed by atoms with Gasteiger partial charge >= 0.3 is 0 Å². The fraction of sp³-hybridized carbons (Fsp3) is 0.320. The van der Waals surface area contributed by atoms with Gasteiger partial charge in [-0.3, -0.25) is 19.3 Å². The molecule has 7 heteroatoms. The lowest BCUT2D eigenvalue weighted by molar-refractivity contribution is 0.0656. The number of para-hydroxylation sites is 1. The monoisotopic (exact) mass is 433 g/mol. The van der Waals surface area contributed by atoms with Crippen LogP contribution in [0.3, 0.4) is 0 Å². The standard InChI is InChI=1S/C25H27N3O4/c1-15(2)11-18(14-29)27-23(30)16-7-8-20-21(12-16)25(32)28(24(20)31)10-9-17-13-26-22-6-4-3-5-19(17)22/h3-8,12-13,15,18,26,29H,9-11,14H2,1-2H3,(H,27,30)/t18-/m0/s1. The van der Waals surface area contributed by atoms with Crippen molar-refractivity contribution in [2.75, 3.05) is 13.2 Å². The van der Waals surface area contributed by atoms with Crippen molar-refractivity contribution in [1.82, 2.24) is 15.2 Å². The van der Waals surface area contributed by atoms with Crippen LogP contribution in [0.4, 0.5) is 0 Å². The van der Waals surface area contributed by atoms with Crippen molar-refractivity contribution in [3.63, 3.8) is 0 Å². The molecule has 4 rings (SSSR count). The Balaban J connectivity index is 1.48. The van der Waals surface area contributed by atoms with E-state index in [4.69, 9.17) is 0 Å². The fourth-order valence-corrected chi connectivity index (χ4v) is 4.22. The van der Waals surface area contributed by atoms with E-state index >= 15 is 0 Å². The molecule has 0 spiro atoms. The molecule has 1 aromatic heterocycles. The Morgan fingerprint density at radius 1 is 1.09 bits per heavy atom. The topological polar surface area (TPSA) is 102 Å². The SMILES string of the molecule is CC(C)C[C@@H](CO)NC(=O)c1ccc2c(c1)C(=O)N(CCc1c[nH]c3ccccc13)C2=O. The van der Waals surface area contributed by atoms with E-state index in [1.807, 2.05) is 44.3 Å². The van der Waals surface area contributed by atoms with Gasteiger partial charge in [0.15, 0.2) is 0 Å². The van der Waals surface area contributed by atoms with E-state index in [2.05, 4.69) is 10.3 Å². The summed E-state index contributed by atoms with van der Waals surface area (Å²) in [7, 11) is 0. The zero-order valence-corrected chi connectivity index (χ0v) is 18.2. The molecule has 0 fully saturated rings. The largest absolute Gasteiger partial charge is 0.394 e. The van der Waals surface area contributed by atoms with E-state index in [1.165, 1.54) is 17.0 Å². The van der Waals surface area contributed by atoms with Crippen molar-refractivity contribution in [2.45, 2.75) is 32.7 Å². The molecule has 1 atom stereocenters. The number of amides is 3. The molecule has 2 aromatic carbocycles. The minimum Gasteiger partial charge on any atom is -0.394 e. The number of aliphatic hydroxyl groups is 1. The second-order valence-electron chi connectivity index (χ2n) is 8.61. The molecular formula is C25H27N3O4. The second kappa shape index (κ2) is 8.96. The molecule has 7 nitrogen and oxygen atoms in total. The minimum absolute atomic E-state index is 0.159. The van der Waals surface area contributed by atoms with Gasteiger partial charge in [0, 0.05) is 29.2 Å². The van der Waals surface area contributed by atoms with Crippen molar-refractivity contribution < 1.29 is 19.5 Å². The summed E-state index contributed by atoms with van der Waals surface area (Å²) in [5, 5.41) is 13.4. The maximum Gasteiger partial charge on any atom is 0.261 e. The van der Waals surface area contributed by atoms with Gasteiger partial charge in [0.1, 0.15) is 0 Å². The first kappa shape index (κ1) is 21.8. The third-order valence-electron chi connectivity index (χ3n) is 5.82. The number of carbonyl (C=O) groups is 3. The van der Waals surface area contributed by atoms with Crippen LogP contribution < -0.4 is 5.32 Å². The van der Waals surface area contributed by atoms with E-state index in [1.54, 1.807) is 6.07 Å². The summed E-state index contributed by atoms with van der Waals surface area (Å²) in [5.41, 5.74) is 2.90. The van der Waals surface area contributed by atoms with Crippen LogP contribution in [0, 0.1) is 5.92 Å². The van der Waals surface area contributed by atoms with Crippen molar-refractivity contribution in [2.24, 2.45) is 5.92 Å². The Hall–Kier alpha value is -3.45. The normalized spacial score (nSPS) is 14.3. The van der Waals surface area contributed by atoms with Gasteiger partial charge in [-0.25, -0.2) is 0 Å². The lowest BCUT2D eigenvalue weighted by Crippen LogP contribution is -2.38. The Labute approximate surface area is 186 Å². The molecule has 3 amide bonds. The van der Waals surface area contributed by atoms with E-state index in [0.29, 0.717) is 29.9 Å². The molecule has 1 aliphatic heterocycles. The molecule has 0 radical (unpaired) electrons. The zero-order valence-electron chi connectivity index (χ0n) is 18.2. The molecule has 166 valence electrons. The maximum absolute atomic E-state index is 13.0. The molecular weight excluding hydrogens is 406 g/mol. The second-order valence-corrected chi connectivity index (χ2v) is 8.61. The van der Waals surface area contributed by atoms with Crippen LogP contribution in [0.2, 0.25) is 0 Å². The van der Waals surface area contributed by atoms with Crippen LogP contribution in [0.15, 0.2) is 48.7 Å². The van der Waals surface area contributed by atoms with Crippen molar-refractivity contribution in [3.8, 4) is 0 Å². The Kier molecular flexibility index (Phi) is 6.10. The lowest BCUT2D eigenvalue weighted by Gasteiger charge is -2.18. The number of carbonyl (C=O) groups excluding carboxylic acids is 3. The summed E-state index contributed by atoms with van der Waals surface area (Å²) >= 11 is 0. The van der Waals surface area contributed by atoms with Crippen LogP contribution in [0.1, 0.15) is 56.9 Å². The smallest absolute Gasteiger partial charge is 0.261 e. The minimum atomic E-state index is -0.389. The van der Waals surface area contributed by atoms with Crippen LogP contribution >= 0.6 is 0 Å². The van der Waals surface area contributed by atoms with Gasteiger partial charge in [-0.2, -0.15) is 0 Å². The number of benzene rings is 2. The quantitative estimate of drug-likeness (QED) is 0.475. The fourth-order valence-electron chi connectivity index (χ4n) is 4.22. The highest BCUT2D eigenvalue weighted by Gasteiger charge is 2.35. The first-order chi connectivity index (χ1) is 15.4. The number of nitrogens with one attached hydrogen (secondary N) is 2. The van der Waals surface area contributed by atoms with Gasteiger partial charge in [-0.05, 0) is 48.6 Å². The van der Waals surface area contributed by atoms with E-state index in [9.17, 15) is 19.5 Å². The third kappa shape index (κ3) is 4.16. The van der Waals surface area contributed by atoms with Gasteiger partial charge < -0.3 is 15.4 Å². The number of nitrogens with zero attached hydrogens (tertiary/aromatic N) is 1. The maximum atomic E-state index is 13.0. The third-order valence-corrected chi connectivity index (χ3v) is 5.82. The van der Waals surface area contributed by atoms with Crippen LogP contribution in [-0.4, -0.2) is 51.9 Å². The Morgan fingerprint density at radius 3 is 2.59 bits per heavy atom. The number of aliphatic hydroxyl groups excluding tert-OH is 1. The Bertz CT molecular complexity index is 1180. The highest BCUT2D eigenvalue weighted by Crippen LogP contribution is 2.25. The van der Waals surface area contributed by atoms with Gasteiger partial charge in [0.25, 0.3) is 17.7 Å². The summed E-state index contributed by atoms with van der Waals surface area (Å²) in [4.78, 5) is 42.9. The summed E-state index contributed by atoms with van der Waals surface area (Å²) in [6.45, 7) is 4.13. The summed E-state index contributed by atoms with van der Waals surface area (Å²) < 4.78 is 0. The van der Waals surface area contributed by atoms with Gasteiger partial charge in [-0.1, -0.05) is 32.0 Å². The predicted molar refractivity (Wildman–Crippen MR) is 122 cm³/mol. The molecule has 3 aromatic rings. The number of hydrogen-bond acceptors (Lipinski definition) is 4. The highest BCUT2D eigenvalue weighted by atomic mass is 16.3. The molecule has 0 saturated heterocycles. The van der Waals surface area contributed by atoms with E-state index < -0.39 is 0 Å². The average molecular weight is 434 g/mol. The number of rotatable bonds is 8. The zero-order chi connectivity index (χ0) is 22.8. The molecule has 32 heavy (non-hydrogen) atoms. The molecule has 1 aliphatic rings. The van der Waals surface area contributed by atoms with Gasteiger partial charge in [0.2, 0.25) is 0 Å². The first-order valence-electron chi connectivity index (χ1n) is 10.9. The average Bonchev–Trinajstić information content (AvgIpc) is 3.30. The number of hydrogen-bond donors (Lipinski definition) is 3.